The summed E-state index contributed by atoms with van der Waals surface area (Å²) in [5, 5.41) is 9.90. The molecule has 0 aliphatic heterocycles. The lowest BCUT2D eigenvalue weighted by Gasteiger charge is -2.08. The first kappa shape index (κ1) is 16.7. The molecule has 0 atom stereocenters. The lowest BCUT2D eigenvalue weighted by molar-refractivity contribution is 0.0453. The Balaban J connectivity index is 1.55. The van der Waals surface area contributed by atoms with Crippen LogP contribution in [0.5, 0.6) is 0 Å². The minimum absolute atomic E-state index is 0.125. The minimum atomic E-state index is -0.125. The van der Waals surface area contributed by atoms with Crippen LogP contribution in [0, 0.1) is 0 Å². The topological polar surface area (TPSA) is 76.2 Å². The van der Waals surface area contributed by atoms with Crippen molar-refractivity contribution in [3.63, 3.8) is 0 Å². The molecule has 6 nitrogen and oxygen atoms in total. The first-order valence-corrected chi connectivity index (χ1v) is 8.37. The average Bonchev–Trinajstić information content (AvgIpc) is 3.31. The van der Waals surface area contributed by atoms with Gasteiger partial charge >= 0.3 is 0 Å². The Bertz CT molecular complexity index is 680. The summed E-state index contributed by atoms with van der Waals surface area (Å²) >= 11 is 0. The molecule has 24 heavy (non-hydrogen) atoms. The zero-order valence-electron chi connectivity index (χ0n) is 13.9. The van der Waals surface area contributed by atoms with Crippen molar-refractivity contribution in [2.45, 2.75) is 32.3 Å². The molecule has 1 aliphatic carbocycles. The van der Waals surface area contributed by atoms with Gasteiger partial charge in [0.15, 0.2) is 0 Å². The second kappa shape index (κ2) is 8.08. The van der Waals surface area contributed by atoms with Crippen LogP contribution in [0.2, 0.25) is 0 Å². The number of nitrogens with zero attached hydrogens (tertiary/aromatic N) is 1. The van der Waals surface area contributed by atoms with Gasteiger partial charge < -0.3 is 14.8 Å². The summed E-state index contributed by atoms with van der Waals surface area (Å²) in [4.78, 5) is 12.5. The number of hydrogen-bond acceptors (Lipinski definition) is 4. The monoisotopic (exact) mass is 329 g/mol. The van der Waals surface area contributed by atoms with Gasteiger partial charge in [-0.15, -0.1) is 0 Å². The van der Waals surface area contributed by atoms with Crippen LogP contribution >= 0.6 is 0 Å². The molecule has 2 N–H and O–H groups in total. The Kier molecular flexibility index (Phi) is 5.61. The van der Waals surface area contributed by atoms with E-state index in [1.807, 2.05) is 31.2 Å². The van der Waals surface area contributed by atoms with Gasteiger partial charge in [-0.25, -0.2) is 0 Å². The van der Waals surface area contributed by atoms with E-state index < -0.39 is 0 Å². The number of H-pyrrole nitrogens is 1. The van der Waals surface area contributed by atoms with Crippen LogP contribution in [0.1, 0.15) is 47.3 Å². The standard InChI is InChI=1S/C18H23N3O3/c1-2-23-8-9-24-12-13-4-3-5-15(10-13)20-18(22)16-11-19-21-17(16)14-6-7-14/h3-5,10-11,14H,2,6-9,12H2,1H3,(H,19,21)(H,20,22). The molecule has 6 heteroatoms. The zero-order chi connectivity index (χ0) is 16.8. The number of carbonyl (C=O) groups is 1. The second-order valence-corrected chi connectivity index (χ2v) is 5.88. The van der Waals surface area contributed by atoms with Crippen LogP contribution in [0.15, 0.2) is 30.5 Å². The van der Waals surface area contributed by atoms with Gasteiger partial charge in [-0.05, 0) is 37.5 Å². The third-order valence-corrected chi connectivity index (χ3v) is 3.93. The second-order valence-electron chi connectivity index (χ2n) is 5.88. The molecule has 0 unspecified atom stereocenters. The number of rotatable bonds is 9. The summed E-state index contributed by atoms with van der Waals surface area (Å²) in [6, 6.07) is 7.69. The van der Waals surface area contributed by atoms with E-state index >= 15 is 0 Å². The number of aromatic amines is 1. The number of hydrogen-bond donors (Lipinski definition) is 2. The SMILES string of the molecule is CCOCCOCc1cccc(NC(=O)c2cn[nH]c2C2CC2)c1. The maximum atomic E-state index is 12.5. The molecule has 1 aliphatic rings. The number of anilines is 1. The Morgan fingerprint density at radius 2 is 2.17 bits per heavy atom. The van der Waals surface area contributed by atoms with Crippen molar-refractivity contribution in [1.29, 1.82) is 0 Å². The molecule has 0 saturated heterocycles. The van der Waals surface area contributed by atoms with E-state index in [2.05, 4.69) is 15.5 Å². The lowest BCUT2D eigenvalue weighted by Crippen LogP contribution is -2.13. The lowest BCUT2D eigenvalue weighted by atomic mass is 10.1. The van der Waals surface area contributed by atoms with Crippen LogP contribution in [0.4, 0.5) is 5.69 Å². The number of carbonyl (C=O) groups excluding carboxylic acids is 1. The van der Waals surface area contributed by atoms with E-state index in [1.165, 1.54) is 0 Å². The molecule has 0 bridgehead atoms. The zero-order valence-corrected chi connectivity index (χ0v) is 13.9. The number of amides is 1. The highest BCUT2D eigenvalue weighted by Gasteiger charge is 2.29. The van der Waals surface area contributed by atoms with E-state index in [4.69, 9.17) is 9.47 Å². The molecule has 1 fully saturated rings. The molecule has 3 rings (SSSR count). The summed E-state index contributed by atoms with van der Waals surface area (Å²) in [5.41, 5.74) is 3.35. The number of benzene rings is 1. The quantitative estimate of drug-likeness (QED) is 0.693. The van der Waals surface area contributed by atoms with Gasteiger partial charge in [0.25, 0.3) is 5.91 Å². The third kappa shape index (κ3) is 4.43. The van der Waals surface area contributed by atoms with E-state index in [0.717, 1.165) is 29.8 Å². The number of nitrogens with one attached hydrogen (secondary N) is 2. The molecule has 0 spiro atoms. The van der Waals surface area contributed by atoms with Crippen molar-refractivity contribution in [2.75, 3.05) is 25.1 Å². The van der Waals surface area contributed by atoms with Crippen molar-refractivity contribution in [3.8, 4) is 0 Å². The molecular weight excluding hydrogens is 306 g/mol. The number of ether oxygens (including phenoxy) is 2. The predicted molar refractivity (Wildman–Crippen MR) is 91.1 cm³/mol. The molecule has 0 radical (unpaired) electrons. The molecule has 1 saturated carbocycles. The van der Waals surface area contributed by atoms with Crippen molar-refractivity contribution < 1.29 is 14.3 Å². The number of aromatic nitrogens is 2. The Hall–Kier alpha value is -2.18. The van der Waals surface area contributed by atoms with Crippen molar-refractivity contribution in [2.24, 2.45) is 0 Å². The average molecular weight is 329 g/mol. The summed E-state index contributed by atoms with van der Waals surface area (Å²) in [7, 11) is 0. The Morgan fingerprint density at radius 3 is 2.96 bits per heavy atom. The summed E-state index contributed by atoms with van der Waals surface area (Å²) < 4.78 is 10.8. The normalized spacial score (nSPS) is 13.9. The third-order valence-electron chi connectivity index (χ3n) is 3.93. The fourth-order valence-corrected chi connectivity index (χ4v) is 2.55. The fourth-order valence-electron chi connectivity index (χ4n) is 2.55. The van der Waals surface area contributed by atoms with Gasteiger partial charge in [-0.1, -0.05) is 12.1 Å². The molecular formula is C18H23N3O3. The summed E-state index contributed by atoms with van der Waals surface area (Å²) in [6.07, 6.45) is 3.85. The van der Waals surface area contributed by atoms with Crippen LogP contribution in [0.3, 0.4) is 0 Å². The van der Waals surface area contributed by atoms with E-state index in [-0.39, 0.29) is 5.91 Å². The molecule has 2 aromatic rings. The Morgan fingerprint density at radius 1 is 1.33 bits per heavy atom. The van der Waals surface area contributed by atoms with E-state index in [1.54, 1.807) is 6.20 Å². The fraction of sp³-hybridized carbons (Fsp3) is 0.444. The molecule has 1 aromatic heterocycles. The van der Waals surface area contributed by atoms with Gasteiger partial charge in [-0.2, -0.15) is 5.10 Å². The largest absolute Gasteiger partial charge is 0.379 e. The maximum absolute atomic E-state index is 12.5. The highest BCUT2D eigenvalue weighted by atomic mass is 16.5. The van der Waals surface area contributed by atoms with Crippen LogP contribution in [-0.2, 0) is 16.1 Å². The first-order chi connectivity index (χ1) is 11.8. The minimum Gasteiger partial charge on any atom is -0.379 e. The smallest absolute Gasteiger partial charge is 0.259 e. The molecule has 1 amide bonds. The predicted octanol–water partition coefficient (Wildman–Crippen LogP) is 3.09. The van der Waals surface area contributed by atoms with Crippen LogP contribution in [0.25, 0.3) is 0 Å². The van der Waals surface area contributed by atoms with E-state index in [9.17, 15) is 4.79 Å². The van der Waals surface area contributed by atoms with Gasteiger partial charge in [-0.3, -0.25) is 9.89 Å². The Labute approximate surface area is 141 Å². The summed E-state index contributed by atoms with van der Waals surface area (Å²) in [6.45, 7) is 4.31. The first-order valence-electron chi connectivity index (χ1n) is 8.37. The van der Waals surface area contributed by atoms with Gasteiger partial charge in [0.2, 0.25) is 0 Å². The van der Waals surface area contributed by atoms with Crippen molar-refractivity contribution in [1.82, 2.24) is 10.2 Å². The maximum Gasteiger partial charge on any atom is 0.259 e. The van der Waals surface area contributed by atoms with Gasteiger partial charge in [0, 0.05) is 18.2 Å². The van der Waals surface area contributed by atoms with Gasteiger partial charge in [0.1, 0.15) is 0 Å². The molecule has 1 heterocycles. The highest BCUT2D eigenvalue weighted by molar-refractivity contribution is 6.05. The highest BCUT2D eigenvalue weighted by Crippen LogP contribution is 2.40. The van der Waals surface area contributed by atoms with Crippen LogP contribution < -0.4 is 5.32 Å². The van der Waals surface area contributed by atoms with Gasteiger partial charge in [0.05, 0.1) is 37.3 Å². The molecule has 128 valence electrons. The summed E-state index contributed by atoms with van der Waals surface area (Å²) in [5.74, 6) is 0.332. The molecule has 1 aromatic carbocycles. The van der Waals surface area contributed by atoms with Crippen LogP contribution in [-0.4, -0.2) is 35.9 Å². The van der Waals surface area contributed by atoms with Crippen molar-refractivity contribution in [3.05, 3.63) is 47.3 Å². The van der Waals surface area contributed by atoms with Crippen molar-refractivity contribution >= 4 is 11.6 Å². The van der Waals surface area contributed by atoms with E-state index in [0.29, 0.717) is 37.9 Å².